The summed E-state index contributed by atoms with van der Waals surface area (Å²) in [4.78, 5) is 10.8. The third-order valence-corrected chi connectivity index (χ3v) is 3.08. The van der Waals surface area contributed by atoms with Crippen molar-refractivity contribution >= 4 is 5.97 Å². The molecule has 0 rings (SSSR count). The van der Waals surface area contributed by atoms with Crippen molar-refractivity contribution in [3.8, 4) is 0 Å². The van der Waals surface area contributed by atoms with E-state index in [1.54, 1.807) is 0 Å². The van der Waals surface area contributed by atoms with Crippen molar-refractivity contribution < 1.29 is 9.53 Å². The number of esters is 1. The van der Waals surface area contributed by atoms with E-state index in [1.165, 1.54) is 51.0 Å². The van der Waals surface area contributed by atoms with Crippen molar-refractivity contribution in [2.45, 2.75) is 71.1 Å². The van der Waals surface area contributed by atoms with Crippen LogP contribution in [0.25, 0.3) is 0 Å². The van der Waals surface area contributed by atoms with Gasteiger partial charge in [0, 0.05) is 6.08 Å². The molecule has 0 saturated carbocycles. The Labute approximate surface area is 118 Å². The zero-order chi connectivity index (χ0) is 14.2. The highest BCUT2D eigenvalue weighted by atomic mass is 16.5. The van der Waals surface area contributed by atoms with Gasteiger partial charge in [-0.15, -0.1) is 0 Å². The number of carbonyl (C=O) groups excluding carboxylic acids is 1. The highest BCUT2D eigenvalue weighted by Crippen LogP contribution is 2.10. The van der Waals surface area contributed by atoms with Gasteiger partial charge in [0.1, 0.15) is 0 Å². The van der Waals surface area contributed by atoms with E-state index in [0.29, 0.717) is 6.61 Å². The summed E-state index contributed by atoms with van der Waals surface area (Å²) in [6, 6.07) is 0. The second kappa shape index (κ2) is 15.0. The summed E-state index contributed by atoms with van der Waals surface area (Å²) in [5, 5.41) is 0. The molecule has 0 bridgehead atoms. The molecular formula is C17H30O2. The van der Waals surface area contributed by atoms with Gasteiger partial charge < -0.3 is 4.74 Å². The minimum atomic E-state index is -0.308. The fraction of sp³-hybridized carbons (Fsp3) is 0.706. The Morgan fingerprint density at radius 3 is 2.11 bits per heavy atom. The average molecular weight is 266 g/mol. The van der Waals surface area contributed by atoms with Crippen LogP contribution >= 0.6 is 0 Å². The molecule has 2 heteroatoms. The van der Waals surface area contributed by atoms with E-state index in [2.05, 4.69) is 25.7 Å². The third-order valence-electron chi connectivity index (χ3n) is 3.08. The Balaban J connectivity index is 3.04. The van der Waals surface area contributed by atoms with Gasteiger partial charge in [0.15, 0.2) is 0 Å². The number of ether oxygens (including phenoxy) is 1. The zero-order valence-corrected chi connectivity index (χ0v) is 12.5. The first-order valence-corrected chi connectivity index (χ1v) is 7.75. The Morgan fingerprint density at radius 2 is 1.53 bits per heavy atom. The van der Waals surface area contributed by atoms with Gasteiger partial charge in [-0.1, -0.05) is 64.2 Å². The molecule has 0 saturated heterocycles. The van der Waals surface area contributed by atoms with Crippen LogP contribution < -0.4 is 0 Å². The lowest BCUT2D eigenvalue weighted by Gasteiger charge is -2.02. The molecule has 0 spiro atoms. The molecule has 0 N–H and O–H groups in total. The highest BCUT2D eigenvalue weighted by molar-refractivity contribution is 5.81. The van der Waals surface area contributed by atoms with Crippen LogP contribution in [0, 0.1) is 0 Å². The standard InChI is InChI=1S/C17H30O2/c1-3-5-6-7-8-9-10-11-12-13-14-15-16-19-17(18)4-2/h4-6H,2-3,7-16H2,1H3/b6-5+. The van der Waals surface area contributed by atoms with Crippen LogP contribution in [0.4, 0.5) is 0 Å². The van der Waals surface area contributed by atoms with E-state index < -0.39 is 0 Å². The molecule has 0 heterocycles. The summed E-state index contributed by atoms with van der Waals surface area (Å²) in [6.07, 6.45) is 18.2. The van der Waals surface area contributed by atoms with E-state index in [9.17, 15) is 4.79 Å². The van der Waals surface area contributed by atoms with E-state index in [0.717, 1.165) is 19.3 Å². The fourth-order valence-electron chi connectivity index (χ4n) is 1.94. The molecule has 0 amide bonds. The summed E-state index contributed by atoms with van der Waals surface area (Å²) in [6.45, 7) is 6.07. The molecule has 0 aromatic carbocycles. The van der Waals surface area contributed by atoms with E-state index in [1.807, 2.05) is 0 Å². The zero-order valence-electron chi connectivity index (χ0n) is 12.5. The summed E-state index contributed by atoms with van der Waals surface area (Å²) in [5.41, 5.74) is 0. The van der Waals surface area contributed by atoms with Gasteiger partial charge in [0.05, 0.1) is 6.61 Å². The molecule has 110 valence electrons. The van der Waals surface area contributed by atoms with Crippen molar-refractivity contribution in [2.24, 2.45) is 0 Å². The maximum Gasteiger partial charge on any atom is 0.330 e. The Kier molecular flexibility index (Phi) is 14.2. The maximum absolute atomic E-state index is 10.8. The minimum Gasteiger partial charge on any atom is -0.463 e. The van der Waals surface area contributed by atoms with Gasteiger partial charge in [-0.25, -0.2) is 4.79 Å². The van der Waals surface area contributed by atoms with Crippen LogP contribution in [0.1, 0.15) is 71.1 Å². The average Bonchev–Trinajstić information content (AvgIpc) is 2.43. The normalized spacial score (nSPS) is 10.8. The second-order valence-electron chi connectivity index (χ2n) is 4.87. The Bertz CT molecular complexity index is 244. The predicted molar refractivity (Wildman–Crippen MR) is 82.1 cm³/mol. The lowest BCUT2D eigenvalue weighted by molar-refractivity contribution is -0.137. The van der Waals surface area contributed by atoms with Crippen molar-refractivity contribution in [3.63, 3.8) is 0 Å². The first kappa shape index (κ1) is 17.9. The largest absolute Gasteiger partial charge is 0.463 e. The first-order valence-electron chi connectivity index (χ1n) is 7.75. The molecule has 0 radical (unpaired) electrons. The molecule has 0 aromatic rings. The van der Waals surface area contributed by atoms with Gasteiger partial charge in [-0.05, 0) is 25.7 Å². The van der Waals surface area contributed by atoms with Crippen LogP contribution in [-0.2, 0) is 9.53 Å². The smallest absolute Gasteiger partial charge is 0.330 e. The number of hydrogen-bond donors (Lipinski definition) is 0. The van der Waals surface area contributed by atoms with E-state index in [4.69, 9.17) is 4.74 Å². The lowest BCUT2D eigenvalue weighted by Crippen LogP contribution is -2.01. The molecule has 0 fully saturated rings. The fourth-order valence-corrected chi connectivity index (χ4v) is 1.94. The van der Waals surface area contributed by atoms with Crippen LogP contribution in [0.2, 0.25) is 0 Å². The van der Waals surface area contributed by atoms with Gasteiger partial charge in [-0.2, -0.15) is 0 Å². The van der Waals surface area contributed by atoms with Crippen molar-refractivity contribution in [1.29, 1.82) is 0 Å². The number of hydrogen-bond acceptors (Lipinski definition) is 2. The molecule has 19 heavy (non-hydrogen) atoms. The molecule has 0 aliphatic carbocycles. The van der Waals surface area contributed by atoms with E-state index in [-0.39, 0.29) is 5.97 Å². The summed E-state index contributed by atoms with van der Waals surface area (Å²) in [7, 11) is 0. The van der Waals surface area contributed by atoms with E-state index >= 15 is 0 Å². The van der Waals surface area contributed by atoms with Gasteiger partial charge >= 0.3 is 5.97 Å². The first-order chi connectivity index (χ1) is 9.31. The summed E-state index contributed by atoms with van der Waals surface area (Å²) < 4.78 is 4.92. The van der Waals surface area contributed by atoms with Crippen molar-refractivity contribution in [3.05, 3.63) is 24.8 Å². The minimum absolute atomic E-state index is 0.308. The van der Waals surface area contributed by atoms with Gasteiger partial charge in [0.25, 0.3) is 0 Å². The molecule has 2 nitrogen and oxygen atoms in total. The van der Waals surface area contributed by atoms with Crippen LogP contribution in [-0.4, -0.2) is 12.6 Å². The number of carbonyl (C=O) groups is 1. The highest BCUT2D eigenvalue weighted by Gasteiger charge is 1.95. The van der Waals surface area contributed by atoms with Crippen LogP contribution in [0.3, 0.4) is 0 Å². The molecule has 0 aliphatic heterocycles. The number of unbranched alkanes of at least 4 members (excludes halogenated alkanes) is 8. The van der Waals surface area contributed by atoms with Crippen LogP contribution in [0.5, 0.6) is 0 Å². The van der Waals surface area contributed by atoms with Gasteiger partial charge in [-0.3, -0.25) is 0 Å². The second-order valence-corrected chi connectivity index (χ2v) is 4.87. The molecule has 0 aromatic heterocycles. The third kappa shape index (κ3) is 14.9. The SMILES string of the molecule is C=CC(=O)OCCCCCCCCCC/C=C/CC. The monoisotopic (exact) mass is 266 g/mol. The number of rotatable bonds is 13. The quantitative estimate of drug-likeness (QED) is 0.198. The molecule has 0 aliphatic rings. The van der Waals surface area contributed by atoms with Gasteiger partial charge in [0.2, 0.25) is 0 Å². The summed E-state index contributed by atoms with van der Waals surface area (Å²) >= 11 is 0. The number of allylic oxidation sites excluding steroid dienone is 2. The predicted octanol–water partition coefficient (Wildman–Crippen LogP) is 5.19. The Morgan fingerprint density at radius 1 is 0.947 bits per heavy atom. The van der Waals surface area contributed by atoms with Crippen molar-refractivity contribution in [2.75, 3.05) is 6.61 Å². The molecule has 0 unspecified atom stereocenters. The van der Waals surface area contributed by atoms with Crippen LogP contribution in [0.15, 0.2) is 24.8 Å². The maximum atomic E-state index is 10.8. The Hall–Kier alpha value is -1.05. The topological polar surface area (TPSA) is 26.3 Å². The molecule has 0 atom stereocenters. The molecular weight excluding hydrogens is 236 g/mol. The summed E-state index contributed by atoms with van der Waals surface area (Å²) in [5.74, 6) is -0.308. The van der Waals surface area contributed by atoms with Crippen molar-refractivity contribution in [1.82, 2.24) is 0 Å². The lowest BCUT2D eigenvalue weighted by atomic mass is 10.1.